The highest BCUT2D eigenvalue weighted by Gasteiger charge is 2.10. The van der Waals surface area contributed by atoms with Crippen molar-refractivity contribution in [3.05, 3.63) is 0 Å². The summed E-state index contributed by atoms with van der Waals surface area (Å²) in [6.45, 7) is 6.20. The minimum atomic E-state index is -3.37. The zero-order valence-corrected chi connectivity index (χ0v) is 7.92. The van der Waals surface area contributed by atoms with Gasteiger partial charge in [0.2, 0.25) is 0 Å². The molecular weight excluding hydrogens is 183 g/mol. The highest BCUT2D eigenvalue weighted by Crippen LogP contribution is 1.79. The summed E-state index contributed by atoms with van der Waals surface area (Å²) in [4.78, 5) is 17.0. The van der Waals surface area contributed by atoms with Crippen LogP contribution in [-0.4, -0.2) is 31.2 Å². The second kappa shape index (κ2) is 8.99. The zero-order valence-electron chi connectivity index (χ0n) is 7.03. The van der Waals surface area contributed by atoms with Gasteiger partial charge in [-0.15, -0.1) is 0 Å². The summed E-state index contributed by atoms with van der Waals surface area (Å²) in [6, 6.07) is 0.855. The van der Waals surface area contributed by atoms with Gasteiger partial charge in [-0.25, -0.2) is 0 Å². The predicted molar refractivity (Wildman–Crippen MR) is 39.1 cm³/mol. The Labute approximate surface area is 72.2 Å². The molecule has 1 atom stereocenters. The first-order chi connectivity index (χ1) is 5.13. The number of rotatable bonds is 0. The van der Waals surface area contributed by atoms with Gasteiger partial charge in [-0.2, -0.15) is 0 Å². The van der Waals surface area contributed by atoms with Gasteiger partial charge < -0.3 is 25.9 Å². The Kier molecular flexibility index (Phi) is 10.8. The fourth-order valence-corrected chi connectivity index (χ4v) is 0.976. The lowest BCUT2D eigenvalue weighted by molar-refractivity contribution is -0.808. The summed E-state index contributed by atoms with van der Waals surface area (Å²) >= 11 is 0. The van der Waals surface area contributed by atoms with Crippen LogP contribution < -0.4 is 20.4 Å². The smallest absolute Gasteiger partial charge is 0.276 e. The van der Waals surface area contributed by atoms with E-state index in [0.29, 0.717) is 0 Å². The molecule has 0 amide bonds. The Morgan fingerprint density at radius 2 is 1.92 bits per heavy atom. The Balaban J connectivity index is 0. The predicted octanol–water partition coefficient (Wildman–Crippen LogP) is -4.94. The van der Waals surface area contributed by atoms with Crippen LogP contribution in [0.2, 0.25) is 0 Å². The number of piperazine rings is 1. The molecule has 7 heteroatoms. The van der Waals surface area contributed by atoms with Crippen molar-refractivity contribution in [3.63, 3.8) is 0 Å². The molecule has 0 saturated carbocycles. The molecule has 0 unspecified atom stereocenters. The van der Waals surface area contributed by atoms with Gasteiger partial charge in [0.25, 0.3) is 8.25 Å². The molecule has 0 aromatic rings. The van der Waals surface area contributed by atoms with Gasteiger partial charge in [-0.1, -0.05) is 4.57 Å². The van der Waals surface area contributed by atoms with Gasteiger partial charge in [0.05, 0.1) is 0 Å². The first kappa shape index (κ1) is 14.4. The Morgan fingerprint density at radius 1 is 1.42 bits per heavy atom. The fraction of sp³-hybridized carbons (Fsp3) is 1.00. The van der Waals surface area contributed by atoms with Crippen molar-refractivity contribution < 1.29 is 30.5 Å². The molecule has 6 N–H and O–H groups in total. The van der Waals surface area contributed by atoms with Crippen molar-refractivity contribution in [2.75, 3.05) is 19.6 Å². The summed E-state index contributed by atoms with van der Waals surface area (Å²) in [5.41, 5.74) is 0. The molecule has 1 heterocycles. The van der Waals surface area contributed by atoms with E-state index in [1.807, 2.05) is 0 Å². The molecule has 0 radical (unpaired) electrons. The van der Waals surface area contributed by atoms with Crippen LogP contribution in [0.4, 0.5) is 0 Å². The molecular formula is C5H16N2O4P+. The van der Waals surface area contributed by atoms with E-state index in [9.17, 15) is 0 Å². The Morgan fingerprint density at radius 3 is 2.08 bits per heavy atom. The van der Waals surface area contributed by atoms with Crippen molar-refractivity contribution >= 4 is 8.25 Å². The van der Waals surface area contributed by atoms with Crippen molar-refractivity contribution in [1.29, 1.82) is 0 Å². The minimum Gasteiger partial charge on any atom is -0.598 e. The van der Waals surface area contributed by atoms with Crippen molar-refractivity contribution in [2.24, 2.45) is 0 Å². The van der Waals surface area contributed by atoms with Crippen LogP contribution in [0.5, 0.6) is 0 Å². The maximum absolute atomic E-state index is 8.48. The molecule has 0 aromatic carbocycles. The zero-order chi connectivity index (χ0) is 8.69. The molecule has 1 aliphatic heterocycles. The van der Waals surface area contributed by atoms with Crippen LogP contribution in [0, 0.1) is 0 Å². The van der Waals surface area contributed by atoms with Crippen LogP contribution >= 0.6 is 8.25 Å². The molecule has 1 rings (SSSR count). The number of quaternary nitrogens is 2. The van der Waals surface area contributed by atoms with E-state index in [2.05, 4.69) is 17.6 Å². The van der Waals surface area contributed by atoms with E-state index in [4.69, 9.17) is 14.4 Å². The van der Waals surface area contributed by atoms with Crippen LogP contribution in [0.15, 0.2) is 0 Å². The van der Waals surface area contributed by atoms with E-state index in [-0.39, 0.29) is 5.48 Å². The summed E-state index contributed by atoms with van der Waals surface area (Å²) in [5.74, 6) is 0. The van der Waals surface area contributed by atoms with Crippen LogP contribution in [0.3, 0.4) is 0 Å². The van der Waals surface area contributed by atoms with Crippen molar-refractivity contribution in [1.82, 2.24) is 0 Å². The number of hydrogen-bond donors (Lipinski definition) is 2. The van der Waals surface area contributed by atoms with E-state index in [0.717, 1.165) is 6.04 Å². The monoisotopic (exact) mass is 199 g/mol. The minimum absolute atomic E-state index is 0. The Bertz CT molecular complexity index is 114. The number of nitrogens with two attached hydrogens (primary N) is 2. The molecule has 0 aromatic heterocycles. The average molecular weight is 199 g/mol. The van der Waals surface area contributed by atoms with Gasteiger partial charge in [-0.3, -0.25) is 0 Å². The molecule has 0 spiro atoms. The standard InChI is InChI=1S/C5H12N2.HO3P.H2O/c1-5-4-6-2-3-7-5;1-4(2)3;/h5-7H,2-4H2,1H3;(H,1,2,3);1H2/p+1/t5-;;/m0../s1. The molecule has 0 bridgehead atoms. The second-order valence-electron chi connectivity index (χ2n) is 2.54. The summed E-state index contributed by atoms with van der Waals surface area (Å²) in [5, 5.41) is 4.78. The fourth-order valence-electron chi connectivity index (χ4n) is 0.976. The van der Waals surface area contributed by atoms with E-state index in [1.165, 1.54) is 19.6 Å². The topological polar surface area (TPSA) is 128 Å². The van der Waals surface area contributed by atoms with Gasteiger partial charge in [0.1, 0.15) is 25.7 Å². The SMILES string of the molecule is C[C@H]1C[NH2+]CC[NH2+]1.O.O=[P+]([O-])[O-]. The lowest BCUT2D eigenvalue weighted by Gasteiger charge is -2.13. The lowest BCUT2D eigenvalue weighted by atomic mass is 10.3. The van der Waals surface area contributed by atoms with Crippen LogP contribution in [0.25, 0.3) is 0 Å². The Hall–Kier alpha value is -0.100. The van der Waals surface area contributed by atoms with Crippen LogP contribution in [0.1, 0.15) is 6.92 Å². The van der Waals surface area contributed by atoms with Gasteiger partial charge in [-0.05, 0) is 6.92 Å². The highest BCUT2D eigenvalue weighted by molar-refractivity contribution is 7.27. The highest BCUT2D eigenvalue weighted by atomic mass is 31.1. The first-order valence-electron chi connectivity index (χ1n) is 3.59. The lowest BCUT2D eigenvalue weighted by Crippen LogP contribution is -3.07. The van der Waals surface area contributed by atoms with E-state index in [1.54, 1.807) is 0 Å². The normalized spacial score (nSPS) is 21.4. The van der Waals surface area contributed by atoms with Gasteiger partial charge >= 0.3 is 0 Å². The molecule has 6 nitrogen and oxygen atoms in total. The second-order valence-corrected chi connectivity index (χ2v) is 2.99. The van der Waals surface area contributed by atoms with E-state index >= 15 is 0 Å². The van der Waals surface area contributed by atoms with Crippen molar-refractivity contribution in [2.45, 2.75) is 13.0 Å². The largest absolute Gasteiger partial charge is 0.598 e. The van der Waals surface area contributed by atoms with Crippen LogP contribution in [-0.2, 0) is 4.57 Å². The molecule has 1 fully saturated rings. The summed E-state index contributed by atoms with van der Waals surface area (Å²) in [6.07, 6.45) is 0. The third-order valence-electron chi connectivity index (χ3n) is 1.48. The molecule has 74 valence electrons. The summed E-state index contributed by atoms with van der Waals surface area (Å²) < 4.78 is 8.48. The third kappa shape index (κ3) is 12.6. The van der Waals surface area contributed by atoms with Crippen molar-refractivity contribution in [3.8, 4) is 0 Å². The number of hydrogen-bond acceptors (Lipinski definition) is 3. The quantitative estimate of drug-likeness (QED) is 0.379. The maximum atomic E-state index is 8.48. The van der Waals surface area contributed by atoms with Gasteiger partial charge in [0.15, 0.2) is 0 Å². The summed E-state index contributed by atoms with van der Waals surface area (Å²) in [7, 11) is -3.37. The van der Waals surface area contributed by atoms with Gasteiger partial charge in [0, 0.05) is 0 Å². The third-order valence-corrected chi connectivity index (χ3v) is 1.48. The molecule has 1 aliphatic rings. The average Bonchev–Trinajstić information content (AvgIpc) is 1.87. The molecule has 1 saturated heterocycles. The first-order valence-corrected chi connectivity index (χ1v) is 4.69. The molecule has 0 aliphatic carbocycles. The molecule has 12 heavy (non-hydrogen) atoms. The maximum Gasteiger partial charge on any atom is 0.276 e. The van der Waals surface area contributed by atoms with E-state index < -0.39 is 8.25 Å².